The van der Waals surface area contributed by atoms with Gasteiger partial charge in [-0.25, -0.2) is 4.39 Å². The van der Waals surface area contributed by atoms with Crippen molar-refractivity contribution in [3.63, 3.8) is 0 Å². The molecular weight excluding hydrogens is 355 g/mol. The first-order valence-corrected chi connectivity index (χ1v) is 8.89. The van der Waals surface area contributed by atoms with Crippen LogP contribution in [0.3, 0.4) is 0 Å². The van der Waals surface area contributed by atoms with Crippen LogP contribution in [-0.2, 0) is 16.0 Å². The van der Waals surface area contributed by atoms with Gasteiger partial charge in [-0.3, -0.25) is 9.59 Å². The molecule has 1 fully saturated rings. The Morgan fingerprint density at radius 2 is 1.81 bits per heavy atom. The fourth-order valence-corrected chi connectivity index (χ4v) is 2.98. The highest BCUT2D eigenvalue weighted by Crippen LogP contribution is 2.47. The quantitative estimate of drug-likeness (QED) is 0.754. The van der Waals surface area contributed by atoms with Crippen molar-refractivity contribution < 1.29 is 14.0 Å². The summed E-state index contributed by atoms with van der Waals surface area (Å²) in [7, 11) is 0. The van der Waals surface area contributed by atoms with E-state index in [9.17, 15) is 14.0 Å². The Morgan fingerprint density at radius 3 is 2.46 bits per heavy atom. The molecule has 0 saturated heterocycles. The van der Waals surface area contributed by atoms with Gasteiger partial charge in [-0.15, -0.1) is 0 Å². The number of halogens is 2. The minimum atomic E-state index is -1.00. The van der Waals surface area contributed by atoms with Gasteiger partial charge in [0, 0.05) is 17.3 Å². The summed E-state index contributed by atoms with van der Waals surface area (Å²) >= 11 is 6.07. The Balaban J connectivity index is 1.57. The van der Waals surface area contributed by atoms with Crippen LogP contribution in [-0.4, -0.2) is 18.4 Å². The van der Waals surface area contributed by atoms with Crippen molar-refractivity contribution in [3.05, 3.63) is 64.4 Å². The first-order valence-electron chi connectivity index (χ1n) is 8.52. The minimum absolute atomic E-state index is 0.267. The highest BCUT2D eigenvalue weighted by Gasteiger charge is 2.56. The van der Waals surface area contributed by atoms with Crippen molar-refractivity contribution in [2.75, 3.05) is 11.9 Å². The van der Waals surface area contributed by atoms with Crippen molar-refractivity contribution >= 4 is 29.1 Å². The predicted molar refractivity (Wildman–Crippen MR) is 99.6 cm³/mol. The van der Waals surface area contributed by atoms with Crippen LogP contribution < -0.4 is 10.6 Å². The van der Waals surface area contributed by atoms with E-state index in [2.05, 4.69) is 10.6 Å². The molecule has 3 rings (SSSR count). The Hall–Kier alpha value is -2.40. The Kier molecular flexibility index (Phi) is 5.28. The fraction of sp³-hybridized carbons (Fsp3) is 0.300. The molecule has 6 heteroatoms. The summed E-state index contributed by atoms with van der Waals surface area (Å²) < 4.78 is 12.9. The third kappa shape index (κ3) is 3.88. The summed E-state index contributed by atoms with van der Waals surface area (Å²) in [6, 6.07) is 11.4. The van der Waals surface area contributed by atoms with Crippen molar-refractivity contribution in [2.45, 2.75) is 26.2 Å². The fourth-order valence-electron chi connectivity index (χ4n) is 2.81. The maximum atomic E-state index is 12.9. The van der Waals surface area contributed by atoms with Crippen LogP contribution in [0.4, 0.5) is 10.1 Å². The minimum Gasteiger partial charge on any atom is -0.355 e. The smallest absolute Gasteiger partial charge is 0.240 e. The third-order valence-electron chi connectivity index (χ3n) is 4.75. The van der Waals surface area contributed by atoms with E-state index in [1.54, 1.807) is 30.3 Å². The molecule has 26 heavy (non-hydrogen) atoms. The van der Waals surface area contributed by atoms with Gasteiger partial charge in [-0.1, -0.05) is 29.8 Å². The zero-order chi connectivity index (χ0) is 18.7. The van der Waals surface area contributed by atoms with Crippen LogP contribution in [0.25, 0.3) is 0 Å². The monoisotopic (exact) mass is 374 g/mol. The zero-order valence-corrected chi connectivity index (χ0v) is 15.2. The molecule has 0 atom stereocenters. The molecule has 0 radical (unpaired) electrons. The second-order valence-electron chi connectivity index (χ2n) is 6.58. The molecule has 0 aromatic heterocycles. The van der Waals surface area contributed by atoms with Crippen LogP contribution >= 0.6 is 11.6 Å². The van der Waals surface area contributed by atoms with Crippen molar-refractivity contribution in [2.24, 2.45) is 5.41 Å². The second kappa shape index (κ2) is 7.46. The number of benzene rings is 2. The van der Waals surface area contributed by atoms with E-state index < -0.39 is 5.41 Å². The predicted octanol–water partition coefficient (Wildman–Crippen LogP) is 3.87. The molecule has 2 N–H and O–H groups in total. The highest BCUT2D eigenvalue weighted by molar-refractivity contribution is 6.31. The SMILES string of the molecule is Cc1c(Cl)cccc1NC(=O)C1(C(=O)NCCc2ccc(F)cc2)CC1. The van der Waals surface area contributed by atoms with E-state index in [1.807, 2.05) is 6.92 Å². The standard InChI is InChI=1S/C20H20ClFN2O2/c1-13-16(21)3-2-4-17(13)24-19(26)20(10-11-20)18(25)23-12-9-14-5-7-15(22)8-6-14/h2-8H,9-12H2,1H3,(H,23,25)(H,24,26). The van der Waals surface area contributed by atoms with Crippen LogP contribution in [0.15, 0.2) is 42.5 Å². The van der Waals surface area contributed by atoms with E-state index in [1.165, 1.54) is 12.1 Å². The summed E-state index contributed by atoms with van der Waals surface area (Å²) in [6.07, 6.45) is 1.64. The first-order chi connectivity index (χ1) is 12.4. The molecular formula is C20H20ClFN2O2. The normalized spacial score (nSPS) is 14.6. The van der Waals surface area contributed by atoms with Gasteiger partial charge in [0.25, 0.3) is 0 Å². The maximum Gasteiger partial charge on any atom is 0.240 e. The second-order valence-corrected chi connectivity index (χ2v) is 6.99. The molecule has 0 aliphatic heterocycles. The van der Waals surface area contributed by atoms with Crippen molar-refractivity contribution in [1.82, 2.24) is 5.32 Å². The summed E-state index contributed by atoms with van der Waals surface area (Å²) in [5, 5.41) is 6.21. The Morgan fingerprint density at radius 1 is 1.12 bits per heavy atom. The average Bonchev–Trinajstić information content (AvgIpc) is 3.42. The van der Waals surface area contributed by atoms with Gasteiger partial charge in [0.15, 0.2) is 0 Å². The lowest BCUT2D eigenvalue weighted by molar-refractivity contribution is -0.134. The van der Waals surface area contributed by atoms with Crippen LogP contribution in [0.5, 0.6) is 0 Å². The van der Waals surface area contributed by atoms with Gasteiger partial charge in [0.2, 0.25) is 11.8 Å². The molecule has 1 saturated carbocycles. The van der Waals surface area contributed by atoms with Crippen LogP contribution in [0.1, 0.15) is 24.0 Å². The lowest BCUT2D eigenvalue weighted by atomic mass is 10.0. The topological polar surface area (TPSA) is 58.2 Å². The van der Waals surface area contributed by atoms with Gasteiger partial charge in [0.1, 0.15) is 11.2 Å². The van der Waals surface area contributed by atoms with E-state index in [4.69, 9.17) is 11.6 Å². The number of carbonyl (C=O) groups excluding carboxylic acids is 2. The molecule has 136 valence electrons. The number of amides is 2. The van der Waals surface area contributed by atoms with E-state index >= 15 is 0 Å². The zero-order valence-electron chi connectivity index (χ0n) is 14.4. The number of nitrogens with one attached hydrogen (secondary N) is 2. The lowest BCUT2D eigenvalue weighted by Crippen LogP contribution is -2.40. The van der Waals surface area contributed by atoms with Crippen molar-refractivity contribution in [3.8, 4) is 0 Å². The number of hydrogen-bond acceptors (Lipinski definition) is 2. The van der Waals surface area contributed by atoms with Gasteiger partial charge in [-0.2, -0.15) is 0 Å². The Bertz CT molecular complexity index is 832. The largest absolute Gasteiger partial charge is 0.355 e. The molecule has 2 aromatic rings. The summed E-state index contributed by atoms with van der Waals surface area (Å²) in [4.78, 5) is 25.1. The lowest BCUT2D eigenvalue weighted by Gasteiger charge is -2.17. The highest BCUT2D eigenvalue weighted by atomic mass is 35.5. The molecule has 0 heterocycles. The molecule has 2 aromatic carbocycles. The average molecular weight is 375 g/mol. The molecule has 0 spiro atoms. The van der Waals surface area contributed by atoms with Crippen LogP contribution in [0, 0.1) is 18.2 Å². The molecule has 1 aliphatic carbocycles. The molecule has 0 bridgehead atoms. The van der Waals surface area contributed by atoms with Gasteiger partial charge >= 0.3 is 0 Å². The van der Waals surface area contributed by atoms with Gasteiger partial charge in [-0.05, 0) is 61.6 Å². The Labute approximate surface area is 156 Å². The number of anilines is 1. The number of rotatable bonds is 6. The number of hydrogen-bond donors (Lipinski definition) is 2. The maximum absolute atomic E-state index is 12.9. The number of carbonyl (C=O) groups is 2. The van der Waals surface area contributed by atoms with Gasteiger partial charge in [0.05, 0.1) is 0 Å². The summed E-state index contributed by atoms with van der Waals surface area (Å²) in [5.74, 6) is -0.860. The third-order valence-corrected chi connectivity index (χ3v) is 5.16. The van der Waals surface area contributed by atoms with Crippen molar-refractivity contribution in [1.29, 1.82) is 0 Å². The summed E-state index contributed by atoms with van der Waals surface area (Å²) in [6.45, 7) is 2.22. The molecule has 1 aliphatic rings. The molecule has 0 unspecified atom stereocenters. The van der Waals surface area contributed by atoms with Gasteiger partial charge < -0.3 is 10.6 Å². The molecule has 2 amide bonds. The summed E-state index contributed by atoms with van der Waals surface area (Å²) in [5.41, 5.74) is 1.32. The van der Waals surface area contributed by atoms with E-state index in [-0.39, 0.29) is 17.6 Å². The van der Waals surface area contributed by atoms with E-state index in [0.717, 1.165) is 11.1 Å². The first kappa shape index (κ1) is 18.4. The van der Waals surface area contributed by atoms with Crippen LogP contribution in [0.2, 0.25) is 5.02 Å². The molecule has 4 nitrogen and oxygen atoms in total. The van der Waals surface area contributed by atoms with E-state index in [0.29, 0.717) is 36.5 Å².